The lowest BCUT2D eigenvalue weighted by atomic mass is 9.97. The van der Waals surface area contributed by atoms with E-state index in [0.717, 1.165) is 27.7 Å². The van der Waals surface area contributed by atoms with E-state index >= 15 is 0 Å². The minimum Gasteiger partial charge on any atom is -0.293 e. The van der Waals surface area contributed by atoms with Crippen LogP contribution in [0.4, 0.5) is 0 Å². The maximum atomic E-state index is 13.7. The monoisotopic (exact) mass is 486 g/mol. The van der Waals surface area contributed by atoms with Gasteiger partial charge in [0.1, 0.15) is 5.82 Å². The molecule has 174 valence electrons. The van der Waals surface area contributed by atoms with Gasteiger partial charge < -0.3 is 0 Å². The number of aryl methyl sites for hydroxylation is 1. The second kappa shape index (κ2) is 7.64. The number of nitrogens with zero attached hydrogens (tertiary/aromatic N) is 2. The molecule has 0 saturated heterocycles. The van der Waals surface area contributed by atoms with E-state index in [9.17, 15) is 8.42 Å². The van der Waals surface area contributed by atoms with E-state index in [0.29, 0.717) is 32.9 Å². The topological polar surface area (TPSA) is 52.0 Å². The first-order valence-electron chi connectivity index (χ1n) is 12.0. The van der Waals surface area contributed by atoms with Crippen molar-refractivity contribution in [3.05, 3.63) is 109 Å². The van der Waals surface area contributed by atoms with Crippen LogP contribution in [-0.4, -0.2) is 18.0 Å². The summed E-state index contributed by atoms with van der Waals surface area (Å²) in [6, 6.07) is 34.1. The average Bonchev–Trinajstić information content (AvgIpc) is 3.30. The summed E-state index contributed by atoms with van der Waals surface area (Å²) < 4.78 is 29.5. The first-order valence-corrected chi connectivity index (χ1v) is 13.5. The van der Waals surface area contributed by atoms with Crippen LogP contribution in [0.2, 0.25) is 0 Å². The zero-order chi connectivity index (χ0) is 24.4. The molecule has 0 bridgehead atoms. The van der Waals surface area contributed by atoms with Crippen molar-refractivity contribution < 1.29 is 8.42 Å². The molecule has 0 saturated carbocycles. The highest BCUT2D eigenvalue weighted by Gasteiger charge is 2.34. The fourth-order valence-electron chi connectivity index (χ4n) is 5.38. The van der Waals surface area contributed by atoms with Crippen LogP contribution < -0.4 is 0 Å². The molecule has 1 aliphatic rings. The molecule has 5 heteroatoms. The molecule has 1 aromatic heterocycles. The Labute approximate surface area is 209 Å². The quantitative estimate of drug-likeness (QED) is 0.265. The van der Waals surface area contributed by atoms with Gasteiger partial charge in [-0.15, -0.1) is 0 Å². The van der Waals surface area contributed by atoms with Crippen LogP contribution in [-0.2, 0) is 16.3 Å². The van der Waals surface area contributed by atoms with Gasteiger partial charge in [0, 0.05) is 12.0 Å². The Morgan fingerprint density at radius 1 is 0.694 bits per heavy atom. The summed E-state index contributed by atoms with van der Waals surface area (Å²) in [4.78, 5) is 5.44. The molecule has 0 spiro atoms. The van der Waals surface area contributed by atoms with Crippen LogP contribution >= 0.6 is 0 Å². The number of rotatable bonds is 3. The van der Waals surface area contributed by atoms with Gasteiger partial charge in [0.25, 0.3) is 0 Å². The first kappa shape index (κ1) is 21.1. The third kappa shape index (κ3) is 2.93. The van der Waals surface area contributed by atoms with Gasteiger partial charge in [-0.2, -0.15) is 0 Å². The molecular formula is C31H22N2O2S. The molecule has 0 unspecified atom stereocenters. The second-order valence-corrected chi connectivity index (χ2v) is 11.0. The number of aromatic nitrogens is 2. The Kier molecular flexibility index (Phi) is 4.48. The molecule has 0 fully saturated rings. The van der Waals surface area contributed by atoms with Gasteiger partial charge in [0.05, 0.1) is 26.5 Å². The Balaban J connectivity index is 1.47. The molecule has 6 aromatic rings. The lowest BCUT2D eigenvalue weighted by Gasteiger charge is -2.23. The summed E-state index contributed by atoms with van der Waals surface area (Å²) in [5.74, 6) is 0.856. The van der Waals surface area contributed by atoms with Crippen LogP contribution in [0.3, 0.4) is 0 Å². The van der Waals surface area contributed by atoms with Gasteiger partial charge >= 0.3 is 0 Å². The lowest BCUT2D eigenvalue weighted by Crippen LogP contribution is -2.16. The highest BCUT2D eigenvalue weighted by molar-refractivity contribution is 7.92. The highest BCUT2D eigenvalue weighted by Crippen LogP contribution is 2.44. The van der Waals surface area contributed by atoms with Gasteiger partial charge in [0.2, 0.25) is 9.84 Å². The number of sulfone groups is 1. The predicted octanol–water partition coefficient (Wildman–Crippen LogP) is 7.22. The lowest BCUT2D eigenvalue weighted by molar-refractivity contribution is 0.594. The second-order valence-electron chi connectivity index (χ2n) is 9.14. The summed E-state index contributed by atoms with van der Waals surface area (Å²) in [6.45, 7) is 2.05. The van der Waals surface area contributed by atoms with E-state index in [1.165, 1.54) is 11.1 Å². The maximum absolute atomic E-state index is 13.7. The van der Waals surface area contributed by atoms with Crippen molar-refractivity contribution in [1.82, 2.24) is 9.55 Å². The van der Waals surface area contributed by atoms with Crippen LogP contribution in [0.25, 0.3) is 49.7 Å². The standard InChI is InChI=1S/C31H22N2O2S/c1-2-29-32-26-11-7-13-28-31(26)33(29)30-25(10-6-12-27(30)36(28,34)35)24-17-16-22-18-21(14-15-23(22)19-24)20-8-4-3-5-9-20/h3-19H,2H2,1H3. The van der Waals surface area contributed by atoms with Gasteiger partial charge in [-0.05, 0) is 57.8 Å². The minimum absolute atomic E-state index is 0.323. The van der Waals surface area contributed by atoms with E-state index in [1.807, 2.05) is 36.4 Å². The summed E-state index contributed by atoms with van der Waals surface area (Å²) in [7, 11) is -3.67. The van der Waals surface area contributed by atoms with Crippen LogP contribution in [0.5, 0.6) is 0 Å². The van der Waals surface area contributed by atoms with E-state index < -0.39 is 9.84 Å². The van der Waals surface area contributed by atoms with Crippen molar-refractivity contribution in [3.8, 4) is 27.9 Å². The highest BCUT2D eigenvalue weighted by atomic mass is 32.2. The van der Waals surface area contributed by atoms with E-state index in [-0.39, 0.29) is 0 Å². The SMILES string of the molecule is CCc1nc2cccc3c2n1-c1c(-c2ccc4cc(-c5ccccc5)ccc4c2)cccc1S3(=O)=O. The van der Waals surface area contributed by atoms with Crippen molar-refractivity contribution in [3.63, 3.8) is 0 Å². The van der Waals surface area contributed by atoms with Gasteiger partial charge in [0.15, 0.2) is 0 Å². The zero-order valence-electron chi connectivity index (χ0n) is 19.6. The molecule has 4 nitrogen and oxygen atoms in total. The smallest absolute Gasteiger partial charge is 0.210 e. The Bertz CT molecular complexity index is 1940. The Hall–Kier alpha value is -4.22. The maximum Gasteiger partial charge on any atom is 0.210 e. The molecule has 0 amide bonds. The number of hydrogen-bond acceptors (Lipinski definition) is 3. The normalized spacial score (nSPS) is 13.7. The fraction of sp³-hybridized carbons (Fsp3) is 0.0645. The van der Waals surface area contributed by atoms with Gasteiger partial charge in [-0.25, -0.2) is 13.4 Å². The van der Waals surface area contributed by atoms with Crippen LogP contribution in [0.15, 0.2) is 113 Å². The number of imidazole rings is 1. The molecule has 0 N–H and O–H groups in total. The third-order valence-corrected chi connectivity index (χ3v) is 8.90. The molecule has 7 rings (SSSR count). The largest absolute Gasteiger partial charge is 0.293 e. The summed E-state index contributed by atoms with van der Waals surface area (Å²) in [5, 5.41) is 2.25. The summed E-state index contributed by atoms with van der Waals surface area (Å²) in [5.41, 5.74) is 6.28. The third-order valence-electron chi connectivity index (χ3n) is 7.09. The first-order chi connectivity index (χ1) is 17.6. The fourth-order valence-corrected chi connectivity index (χ4v) is 7.04. The van der Waals surface area contributed by atoms with E-state index in [1.54, 1.807) is 18.2 Å². The molecule has 36 heavy (non-hydrogen) atoms. The minimum atomic E-state index is -3.67. The molecular weight excluding hydrogens is 464 g/mol. The molecule has 0 atom stereocenters. The molecule has 0 radical (unpaired) electrons. The van der Waals surface area contributed by atoms with E-state index in [4.69, 9.17) is 4.98 Å². The Morgan fingerprint density at radius 3 is 2.17 bits per heavy atom. The van der Waals surface area contributed by atoms with Gasteiger partial charge in [-0.1, -0.05) is 79.7 Å². The van der Waals surface area contributed by atoms with Crippen molar-refractivity contribution >= 4 is 31.6 Å². The molecule has 0 aliphatic carbocycles. The number of fused-ring (bicyclic) bond motifs is 3. The van der Waals surface area contributed by atoms with Crippen LogP contribution in [0, 0.1) is 0 Å². The predicted molar refractivity (Wildman–Crippen MR) is 144 cm³/mol. The van der Waals surface area contributed by atoms with E-state index in [2.05, 4.69) is 60.0 Å². The van der Waals surface area contributed by atoms with Crippen molar-refractivity contribution in [2.24, 2.45) is 0 Å². The van der Waals surface area contributed by atoms with Gasteiger partial charge in [-0.3, -0.25) is 4.57 Å². The summed E-state index contributed by atoms with van der Waals surface area (Å²) >= 11 is 0. The van der Waals surface area contributed by atoms with Crippen molar-refractivity contribution in [2.75, 3.05) is 0 Å². The molecule has 1 aliphatic heterocycles. The average molecular weight is 487 g/mol. The van der Waals surface area contributed by atoms with Crippen molar-refractivity contribution in [1.29, 1.82) is 0 Å². The number of hydrogen-bond donors (Lipinski definition) is 0. The Morgan fingerprint density at radius 2 is 1.39 bits per heavy atom. The molecule has 2 heterocycles. The number of benzene rings is 5. The van der Waals surface area contributed by atoms with Crippen molar-refractivity contribution in [2.45, 2.75) is 23.1 Å². The molecule has 5 aromatic carbocycles. The zero-order valence-corrected chi connectivity index (χ0v) is 20.5. The number of para-hydroxylation sites is 2. The van der Waals surface area contributed by atoms with Crippen LogP contribution in [0.1, 0.15) is 12.7 Å². The summed E-state index contributed by atoms with van der Waals surface area (Å²) in [6.07, 6.45) is 0.696.